The van der Waals surface area contributed by atoms with Crippen LogP contribution in [-0.4, -0.2) is 11.8 Å². The zero-order valence-electron chi connectivity index (χ0n) is 13.9. The van der Waals surface area contributed by atoms with Crippen molar-refractivity contribution in [3.8, 4) is 0 Å². The average molecular weight is 346 g/mol. The molecule has 0 spiro atoms. The van der Waals surface area contributed by atoms with E-state index in [9.17, 15) is 9.59 Å². The predicted molar refractivity (Wildman–Crippen MR) is 104 cm³/mol. The molecule has 0 heterocycles. The molecule has 0 atom stereocenters. The summed E-state index contributed by atoms with van der Waals surface area (Å²) in [5, 5.41) is 5.50. The number of rotatable bonds is 4. The molecule has 3 rings (SSSR count). The summed E-state index contributed by atoms with van der Waals surface area (Å²) in [6.45, 7) is 0. The van der Waals surface area contributed by atoms with Crippen molar-refractivity contribution in [3.05, 3.63) is 83.9 Å². The molecule has 0 saturated carbocycles. The maximum Gasteiger partial charge on any atom is 0.257 e. The summed E-state index contributed by atoms with van der Waals surface area (Å²) >= 11 is 0. The Morgan fingerprint density at radius 3 is 2.08 bits per heavy atom. The van der Waals surface area contributed by atoms with Gasteiger partial charge in [-0.3, -0.25) is 9.59 Å². The lowest BCUT2D eigenvalue weighted by Crippen LogP contribution is -2.16. The number of nitrogens with one attached hydrogen (secondary N) is 2. The van der Waals surface area contributed by atoms with Gasteiger partial charge in [0.25, 0.3) is 11.8 Å². The lowest BCUT2D eigenvalue weighted by molar-refractivity contribution is 0.101. The summed E-state index contributed by atoms with van der Waals surface area (Å²) in [6, 6.07) is 20.5. The topological polar surface area (TPSA) is 110 Å². The van der Waals surface area contributed by atoms with Gasteiger partial charge in [0.2, 0.25) is 0 Å². The number of amides is 2. The van der Waals surface area contributed by atoms with Crippen molar-refractivity contribution >= 4 is 34.6 Å². The minimum absolute atomic E-state index is 0.221. The summed E-state index contributed by atoms with van der Waals surface area (Å²) < 4.78 is 0. The number of nitrogen functional groups attached to an aromatic ring is 2. The van der Waals surface area contributed by atoms with Gasteiger partial charge in [-0.15, -0.1) is 0 Å². The second-order valence-electron chi connectivity index (χ2n) is 5.70. The number of anilines is 4. The van der Waals surface area contributed by atoms with E-state index in [2.05, 4.69) is 10.6 Å². The van der Waals surface area contributed by atoms with Crippen LogP contribution in [0, 0.1) is 0 Å². The van der Waals surface area contributed by atoms with E-state index in [0.717, 1.165) is 0 Å². The van der Waals surface area contributed by atoms with Crippen LogP contribution in [0.15, 0.2) is 72.8 Å². The maximum absolute atomic E-state index is 12.3. The monoisotopic (exact) mass is 346 g/mol. The number of nitrogens with two attached hydrogens (primary N) is 2. The largest absolute Gasteiger partial charge is 0.399 e. The maximum atomic E-state index is 12.3. The molecule has 0 aliphatic carbocycles. The molecular formula is C20H18N4O2. The van der Waals surface area contributed by atoms with Crippen molar-refractivity contribution in [1.82, 2.24) is 0 Å². The Morgan fingerprint density at radius 2 is 1.38 bits per heavy atom. The summed E-state index contributed by atoms with van der Waals surface area (Å²) in [5.41, 5.74) is 14.3. The summed E-state index contributed by atoms with van der Waals surface area (Å²) in [7, 11) is 0. The first-order valence-corrected chi connectivity index (χ1v) is 7.96. The van der Waals surface area contributed by atoms with Gasteiger partial charge in [0, 0.05) is 28.3 Å². The van der Waals surface area contributed by atoms with Crippen LogP contribution in [0.4, 0.5) is 22.7 Å². The first-order valence-electron chi connectivity index (χ1n) is 7.96. The third-order valence-electron chi connectivity index (χ3n) is 3.73. The minimum Gasteiger partial charge on any atom is -0.399 e. The first kappa shape index (κ1) is 17.0. The van der Waals surface area contributed by atoms with Gasteiger partial charge in [-0.25, -0.2) is 0 Å². The Bertz CT molecular complexity index is 955. The van der Waals surface area contributed by atoms with Crippen LogP contribution in [0.1, 0.15) is 20.7 Å². The van der Waals surface area contributed by atoms with E-state index in [-0.39, 0.29) is 17.5 Å². The van der Waals surface area contributed by atoms with Crippen LogP contribution in [0.2, 0.25) is 0 Å². The van der Waals surface area contributed by atoms with E-state index in [1.54, 1.807) is 42.5 Å². The highest BCUT2D eigenvalue weighted by Gasteiger charge is 2.13. The van der Waals surface area contributed by atoms with Gasteiger partial charge < -0.3 is 22.1 Å². The van der Waals surface area contributed by atoms with Gasteiger partial charge in [-0.05, 0) is 48.5 Å². The zero-order valence-corrected chi connectivity index (χ0v) is 13.9. The molecule has 3 aromatic carbocycles. The van der Waals surface area contributed by atoms with Gasteiger partial charge in [0.15, 0.2) is 0 Å². The molecule has 0 saturated heterocycles. The predicted octanol–water partition coefficient (Wildman–Crippen LogP) is 3.36. The number of carbonyl (C=O) groups is 2. The van der Waals surface area contributed by atoms with E-state index in [1.165, 1.54) is 12.1 Å². The highest BCUT2D eigenvalue weighted by Crippen LogP contribution is 2.19. The third-order valence-corrected chi connectivity index (χ3v) is 3.73. The molecule has 26 heavy (non-hydrogen) atoms. The van der Waals surface area contributed by atoms with Crippen LogP contribution in [0.3, 0.4) is 0 Å². The van der Waals surface area contributed by atoms with E-state index >= 15 is 0 Å². The van der Waals surface area contributed by atoms with E-state index in [0.29, 0.717) is 28.2 Å². The average Bonchev–Trinajstić information content (AvgIpc) is 2.62. The molecule has 3 aromatic rings. The van der Waals surface area contributed by atoms with Crippen LogP contribution < -0.4 is 22.1 Å². The highest BCUT2D eigenvalue weighted by atomic mass is 16.2. The molecule has 0 bridgehead atoms. The standard InChI is InChI=1S/C20H18N4O2/c21-14-5-4-8-16(12-14)24-19(25)13-9-10-17(18(22)11-13)20(26)23-15-6-2-1-3-7-15/h1-12H,21-22H2,(H,23,26)(H,24,25). The lowest BCUT2D eigenvalue weighted by atomic mass is 10.1. The van der Waals surface area contributed by atoms with E-state index in [1.807, 2.05) is 18.2 Å². The third kappa shape index (κ3) is 3.99. The SMILES string of the molecule is Nc1cccc(NC(=O)c2ccc(C(=O)Nc3ccccc3)c(N)c2)c1. The first-order chi connectivity index (χ1) is 12.5. The molecule has 130 valence electrons. The molecule has 6 nitrogen and oxygen atoms in total. The van der Waals surface area contributed by atoms with E-state index in [4.69, 9.17) is 11.5 Å². The highest BCUT2D eigenvalue weighted by molar-refractivity contribution is 6.10. The molecule has 6 heteroatoms. The van der Waals surface area contributed by atoms with Crippen molar-refractivity contribution in [1.29, 1.82) is 0 Å². The van der Waals surface area contributed by atoms with Crippen molar-refractivity contribution in [2.45, 2.75) is 0 Å². The minimum atomic E-state index is -0.337. The molecule has 0 unspecified atom stereocenters. The van der Waals surface area contributed by atoms with E-state index < -0.39 is 0 Å². The molecule has 0 aromatic heterocycles. The fourth-order valence-electron chi connectivity index (χ4n) is 2.45. The Hall–Kier alpha value is -3.80. The van der Waals surface area contributed by atoms with Crippen molar-refractivity contribution in [2.24, 2.45) is 0 Å². The van der Waals surface area contributed by atoms with Gasteiger partial charge >= 0.3 is 0 Å². The smallest absolute Gasteiger partial charge is 0.257 e. The molecule has 0 aliphatic heterocycles. The number of benzene rings is 3. The van der Waals surface area contributed by atoms with Crippen LogP contribution >= 0.6 is 0 Å². The quantitative estimate of drug-likeness (QED) is 0.543. The van der Waals surface area contributed by atoms with Crippen LogP contribution in [-0.2, 0) is 0 Å². The Morgan fingerprint density at radius 1 is 0.692 bits per heavy atom. The Kier molecular flexibility index (Phi) is 4.85. The summed E-state index contributed by atoms with van der Waals surface area (Å²) in [6.07, 6.45) is 0. The number of hydrogen-bond donors (Lipinski definition) is 4. The fraction of sp³-hybridized carbons (Fsp3) is 0. The van der Waals surface area contributed by atoms with Gasteiger partial charge in [-0.1, -0.05) is 24.3 Å². The number of hydrogen-bond acceptors (Lipinski definition) is 4. The molecular weight excluding hydrogens is 328 g/mol. The Labute approximate surface area is 150 Å². The Balaban J connectivity index is 1.74. The van der Waals surface area contributed by atoms with Crippen molar-refractivity contribution in [2.75, 3.05) is 22.1 Å². The molecule has 0 fully saturated rings. The molecule has 0 radical (unpaired) electrons. The normalized spacial score (nSPS) is 10.2. The zero-order chi connectivity index (χ0) is 18.5. The summed E-state index contributed by atoms with van der Waals surface area (Å²) in [4.78, 5) is 24.7. The van der Waals surface area contributed by atoms with Crippen LogP contribution in [0.25, 0.3) is 0 Å². The number of para-hydroxylation sites is 1. The number of carbonyl (C=O) groups excluding carboxylic acids is 2. The second kappa shape index (κ2) is 7.40. The molecule has 0 aliphatic rings. The molecule has 2 amide bonds. The van der Waals surface area contributed by atoms with Gasteiger partial charge in [-0.2, -0.15) is 0 Å². The molecule has 6 N–H and O–H groups in total. The lowest BCUT2D eigenvalue weighted by Gasteiger charge is -2.10. The summed E-state index contributed by atoms with van der Waals surface area (Å²) in [5.74, 6) is -0.672. The van der Waals surface area contributed by atoms with Crippen LogP contribution in [0.5, 0.6) is 0 Å². The second-order valence-corrected chi connectivity index (χ2v) is 5.70. The van der Waals surface area contributed by atoms with Crippen molar-refractivity contribution in [3.63, 3.8) is 0 Å². The van der Waals surface area contributed by atoms with Crippen molar-refractivity contribution < 1.29 is 9.59 Å². The van der Waals surface area contributed by atoms with Gasteiger partial charge in [0.1, 0.15) is 0 Å². The fourth-order valence-corrected chi connectivity index (χ4v) is 2.45. The van der Waals surface area contributed by atoms with Gasteiger partial charge in [0.05, 0.1) is 5.56 Å².